The Balaban J connectivity index is 1.82. The van der Waals surface area contributed by atoms with Crippen molar-refractivity contribution in [2.75, 3.05) is 7.11 Å². The van der Waals surface area contributed by atoms with Crippen LogP contribution in [0.4, 0.5) is 0 Å². The van der Waals surface area contributed by atoms with Crippen molar-refractivity contribution in [2.45, 2.75) is 44.8 Å². The molecule has 7 heteroatoms. The molecule has 0 saturated carbocycles. The van der Waals surface area contributed by atoms with E-state index in [1.165, 1.54) is 11.1 Å². The maximum Gasteiger partial charge on any atom is 0.280 e. The van der Waals surface area contributed by atoms with Gasteiger partial charge in [0, 0.05) is 17.9 Å². The van der Waals surface area contributed by atoms with Crippen LogP contribution in [0.25, 0.3) is 11.0 Å². The van der Waals surface area contributed by atoms with Crippen LogP contribution in [0.5, 0.6) is 5.75 Å². The van der Waals surface area contributed by atoms with Crippen molar-refractivity contribution in [1.29, 1.82) is 0 Å². The van der Waals surface area contributed by atoms with Crippen LogP contribution in [0, 0.1) is 13.8 Å². The van der Waals surface area contributed by atoms with Crippen molar-refractivity contribution < 1.29 is 4.74 Å². The quantitative estimate of drug-likeness (QED) is 0.315. The first-order chi connectivity index (χ1) is 15.0. The molecule has 0 spiro atoms. The van der Waals surface area contributed by atoms with Gasteiger partial charge in [-0.15, -0.1) is 0 Å². The number of para-hydroxylation sites is 1. The highest BCUT2D eigenvalue weighted by Crippen LogP contribution is 2.26. The van der Waals surface area contributed by atoms with Gasteiger partial charge >= 0.3 is 0 Å². The molecule has 4 rings (SSSR count). The number of hydrogen-bond donors (Lipinski definition) is 0. The molecular weight excluding hydrogens is 408 g/mol. The van der Waals surface area contributed by atoms with Crippen molar-refractivity contribution >= 4 is 22.8 Å². The Morgan fingerprint density at radius 1 is 1.06 bits per heavy atom. The summed E-state index contributed by atoms with van der Waals surface area (Å²) in [7, 11) is 1.64. The van der Waals surface area contributed by atoms with Crippen LogP contribution in [0.1, 0.15) is 29.3 Å². The number of benzene rings is 2. The minimum absolute atomic E-state index is 0.0789. The van der Waals surface area contributed by atoms with Gasteiger partial charge in [-0.3, -0.25) is 14.0 Å². The first-order valence-electron chi connectivity index (χ1n) is 10.3. The summed E-state index contributed by atoms with van der Waals surface area (Å²) >= 11 is 1.57. The number of ether oxygens (including phenoxy) is 1. The standard InChI is InChI=1S/C24H26N4O2S/c1-5-28-22-21(17(3)26-28)25-24(31-15-18-12-10-16(2)11-13-18)27(23(22)29)14-19-8-6-7-9-20(19)30-4/h6-13H,5,14-15H2,1-4H3. The zero-order valence-electron chi connectivity index (χ0n) is 18.3. The topological polar surface area (TPSA) is 61.9 Å². The number of thioether (sulfide) groups is 1. The zero-order valence-corrected chi connectivity index (χ0v) is 19.1. The van der Waals surface area contributed by atoms with Crippen LogP contribution in [0.3, 0.4) is 0 Å². The van der Waals surface area contributed by atoms with Crippen molar-refractivity contribution in [3.05, 3.63) is 81.3 Å². The molecule has 160 valence electrons. The minimum atomic E-state index is -0.0789. The molecule has 0 aliphatic rings. The van der Waals surface area contributed by atoms with Gasteiger partial charge in [0.1, 0.15) is 11.3 Å². The van der Waals surface area contributed by atoms with E-state index in [-0.39, 0.29) is 5.56 Å². The lowest BCUT2D eigenvalue weighted by Crippen LogP contribution is -2.25. The molecule has 31 heavy (non-hydrogen) atoms. The van der Waals surface area contributed by atoms with E-state index in [4.69, 9.17) is 9.72 Å². The van der Waals surface area contributed by atoms with Gasteiger partial charge in [-0.2, -0.15) is 5.10 Å². The molecule has 0 atom stereocenters. The second-order valence-electron chi connectivity index (χ2n) is 7.47. The van der Waals surface area contributed by atoms with E-state index in [2.05, 4.69) is 36.3 Å². The predicted molar refractivity (Wildman–Crippen MR) is 125 cm³/mol. The fraction of sp³-hybridized carbons (Fsp3) is 0.292. The molecule has 0 saturated heterocycles. The first-order valence-corrected chi connectivity index (χ1v) is 11.3. The van der Waals surface area contributed by atoms with Gasteiger partial charge < -0.3 is 4.74 Å². The molecule has 2 aromatic heterocycles. The highest BCUT2D eigenvalue weighted by Gasteiger charge is 2.19. The summed E-state index contributed by atoms with van der Waals surface area (Å²) in [5.41, 5.74) is 5.27. The van der Waals surface area contributed by atoms with E-state index in [9.17, 15) is 4.79 Å². The van der Waals surface area contributed by atoms with Gasteiger partial charge in [0.25, 0.3) is 5.56 Å². The van der Waals surface area contributed by atoms with Crippen molar-refractivity contribution in [3.8, 4) is 5.75 Å². The van der Waals surface area contributed by atoms with Gasteiger partial charge in [0.05, 0.1) is 19.3 Å². The molecule has 2 aromatic carbocycles. The average Bonchev–Trinajstić information content (AvgIpc) is 3.11. The summed E-state index contributed by atoms with van der Waals surface area (Å²) in [4.78, 5) is 18.5. The summed E-state index contributed by atoms with van der Waals surface area (Å²) in [5, 5.41) is 5.21. The molecule has 4 aromatic rings. The van der Waals surface area contributed by atoms with Crippen LogP contribution in [-0.2, 0) is 18.8 Å². The first kappa shape index (κ1) is 21.2. The van der Waals surface area contributed by atoms with E-state index in [0.29, 0.717) is 29.3 Å². The second-order valence-corrected chi connectivity index (χ2v) is 8.41. The maximum absolute atomic E-state index is 13.6. The van der Waals surface area contributed by atoms with Crippen LogP contribution in [-0.4, -0.2) is 26.4 Å². The third-order valence-corrected chi connectivity index (χ3v) is 6.34. The fourth-order valence-electron chi connectivity index (χ4n) is 3.60. The highest BCUT2D eigenvalue weighted by atomic mass is 32.2. The Hall–Kier alpha value is -3.06. The molecular formula is C24H26N4O2S. The molecule has 0 amide bonds. The minimum Gasteiger partial charge on any atom is -0.496 e. The molecule has 0 N–H and O–H groups in total. The lowest BCUT2D eigenvalue weighted by atomic mass is 10.2. The lowest BCUT2D eigenvalue weighted by Gasteiger charge is -2.15. The van der Waals surface area contributed by atoms with Gasteiger partial charge in [0.2, 0.25) is 0 Å². The number of aromatic nitrogens is 4. The Bertz CT molecular complexity index is 1280. The second kappa shape index (κ2) is 8.98. The Labute approximate surface area is 185 Å². The summed E-state index contributed by atoms with van der Waals surface area (Å²) < 4.78 is 9.00. The summed E-state index contributed by atoms with van der Waals surface area (Å²) in [6, 6.07) is 16.2. The van der Waals surface area contributed by atoms with Crippen LogP contribution in [0.2, 0.25) is 0 Å². The van der Waals surface area contributed by atoms with Gasteiger partial charge in [-0.05, 0) is 32.4 Å². The number of hydrogen-bond acceptors (Lipinski definition) is 5. The number of fused-ring (bicyclic) bond motifs is 1. The van der Waals surface area contributed by atoms with E-state index in [1.54, 1.807) is 28.1 Å². The van der Waals surface area contributed by atoms with E-state index in [0.717, 1.165) is 22.8 Å². The van der Waals surface area contributed by atoms with E-state index < -0.39 is 0 Å². The SMILES string of the molecule is CCn1nc(C)c2nc(SCc3ccc(C)cc3)n(Cc3ccccc3OC)c(=O)c21. The normalized spacial score (nSPS) is 11.2. The van der Waals surface area contributed by atoms with Crippen molar-refractivity contribution in [3.63, 3.8) is 0 Å². The molecule has 0 radical (unpaired) electrons. The summed E-state index contributed by atoms with van der Waals surface area (Å²) in [6.45, 7) is 6.96. The van der Waals surface area contributed by atoms with Crippen LogP contribution in [0.15, 0.2) is 58.5 Å². The molecule has 2 heterocycles. The number of methoxy groups -OCH3 is 1. The third kappa shape index (κ3) is 4.23. The van der Waals surface area contributed by atoms with Gasteiger partial charge in [-0.25, -0.2) is 4.98 Å². The van der Waals surface area contributed by atoms with Gasteiger partial charge in [0.15, 0.2) is 10.7 Å². The Morgan fingerprint density at radius 3 is 2.52 bits per heavy atom. The number of aryl methyl sites for hydroxylation is 3. The average molecular weight is 435 g/mol. The maximum atomic E-state index is 13.6. The summed E-state index contributed by atoms with van der Waals surface area (Å²) in [6.07, 6.45) is 0. The molecule has 0 bridgehead atoms. The largest absolute Gasteiger partial charge is 0.496 e. The Kier molecular flexibility index (Phi) is 6.13. The predicted octanol–water partition coefficient (Wildman–Crippen LogP) is 4.58. The van der Waals surface area contributed by atoms with Gasteiger partial charge in [-0.1, -0.05) is 59.8 Å². The van der Waals surface area contributed by atoms with Crippen LogP contribution >= 0.6 is 11.8 Å². The fourth-order valence-corrected chi connectivity index (χ4v) is 4.55. The van der Waals surface area contributed by atoms with E-state index >= 15 is 0 Å². The lowest BCUT2D eigenvalue weighted by molar-refractivity contribution is 0.407. The smallest absolute Gasteiger partial charge is 0.280 e. The molecule has 0 aliphatic carbocycles. The molecule has 0 fully saturated rings. The summed E-state index contributed by atoms with van der Waals surface area (Å²) in [5.74, 6) is 1.48. The zero-order chi connectivity index (χ0) is 22.0. The molecule has 0 aliphatic heterocycles. The highest BCUT2D eigenvalue weighted by molar-refractivity contribution is 7.98. The van der Waals surface area contributed by atoms with Crippen molar-refractivity contribution in [1.82, 2.24) is 19.3 Å². The van der Waals surface area contributed by atoms with Crippen LogP contribution < -0.4 is 10.3 Å². The van der Waals surface area contributed by atoms with E-state index in [1.807, 2.05) is 38.1 Å². The monoisotopic (exact) mass is 434 g/mol. The number of nitrogens with zero attached hydrogens (tertiary/aromatic N) is 4. The van der Waals surface area contributed by atoms with Crippen molar-refractivity contribution in [2.24, 2.45) is 0 Å². The molecule has 6 nitrogen and oxygen atoms in total. The number of rotatable bonds is 7. The Morgan fingerprint density at radius 2 is 1.81 bits per heavy atom. The third-order valence-electron chi connectivity index (χ3n) is 5.29. The molecule has 0 unspecified atom stereocenters.